The molecule has 0 spiro atoms. The Kier molecular flexibility index (Phi) is 4.32. The maximum Gasteiger partial charge on any atom is 0.323 e. The van der Waals surface area contributed by atoms with Crippen LogP contribution in [0, 0.1) is 0 Å². The lowest BCUT2D eigenvalue weighted by Crippen LogP contribution is -2.54. The summed E-state index contributed by atoms with van der Waals surface area (Å²) in [6.07, 6.45) is 0. The molecule has 1 heterocycles. The predicted octanol–water partition coefficient (Wildman–Crippen LogP) is -1.53. The number of carbonyl (C=O) groups excluding carboxylic acids is 1. The molecule has 0 aromatic heterocycles. The summed E-state index contributed by atoms with van der Waals surface area (Å²) in [5, 5.41) is 19.6. The van der Waals surface area contributed by atoms with Crippen LogP contribution in [0.2, 0.25) is 0 Å². The first-order valence-electron chi connectivity index (χ1n) is 4.60. The van der Waals surface area contributed by atoms with E-state index >= 15 is 0 Å². The molecule has 0 aliphatic carbocycles. The second-order valence-corrected chi connectivity index (χ2v) is 3.16. The number of carboxylic acids is 1. The van der Waals surface area contributed by atoms with E-state index in [0.29, 0.717) is 13.2 Å². The molecule has 3 N–H and O–H groups in total. The van der Waals surface area contributed by atoms with E-state index in [1.807, 2.05) is 0 Å². The molecule has 7 nitrogen and oxygen atoms in total. The van der Waals surface area contributed by atoms with Crippen molar-refractivity contribution in [1.29, 1.82) is 0 Å². The number of aliphatic hydroxyl groups is 1. The second kappa shape index (κ2) is 5.52. The number of carbonyl (C=O) groups is 2. The highest BCUT2D eigenvalue weighted by atomic mass is 16.5. The van der Waals surface area contributed by atoms with Crippen molar-refractivity contribution >= 4 is 12.0 Å². The molecule has 1 aliphatic heterocycles. The highest BCUT2D eigenvalue weighted by Gasteiger charge is 2.26. The van der Waals surface area contributed by atoms with E-state index in [9.17, 15) is 9.59 Å². The maximum absolute atomic E-state index is 11.5. The largest absolute Gasteiger partial charge is 0.480 e. The molecule has 7 heteroatoms. The van der Waals surface area contributed by atoms with Gasteiger partial charge in [-0.05, 0) is 0 Å². The molecule has 0 aromatic rings. The molecule has 15 heavy (non-hydrogen) atoms. The van der Waals surface area contributed by atoms with Crippen LogP contribution in [-0.4, -0.2) is 66.1 Å². The summed E-state index contributed by atoms with van der Waals surface area (Å²) >= 11 is 0. The van der Waals surface area contributed by atoms with E-state index in [1.54, 1.807) is 0 Å². The number of urea groups is 1. The van der Waals surface area contributed by atoms with Gasteiger partial charge in [0.15, 0.2) is 0 Å². The van der Waals surface area contributed by atoms with E-state index in [-0.39, 0.29) is 13.2 Å². The standard InChI is InChI=1S/C8H14N2O5/c11-4-6-5-15-2-1-10(6)8(14)9-3-7(12)13/h6,11H,1-5H2,(H,9,14)(H,12,13). The second-order valence-electron chi connectivity index (χ2n) is 3.16. The van der Waals surface area contributed by atoms with E-state index in [1.165, 1.54) is 4.90 Å². The van der Waals surface area contributed by atoms with E-state index < -0.39 is 24.6 Å². The van der Waals surface area contributed by atoms with Gasteiger partial charge in [-0.1, -0.05) is 0 Å². The van der Waals surface area contributed by atoms with Crippen LogP contribution in [0.15, 0.2) is 0 Å². The first-order valence-corrected chi connectivity index (χ1v) is 4.60. The molecule has 1 rings (SSSR count). The Morgan fingerprint density at radius 3 is 2.87 bits per heavy atom. The van der Waals surface area contributed by atoms with Crippen molar-refractivity contribution in [2.24, 2.45) is 0 Å². The first-order chi connectivity index (χ1) is 7.15. The first kappa shape index (κ1) is 11.7. The van der Waals surface area contributed by atoms with Crippen molar-refractivity contribution in [3.63, 3.8) is 0 Å². The summed E-state index contributed by atoms with van der Waals surface area (Å²) in [5.74, 6) is -1.10. The van der Waals surface area contributed by atoms with Gasteiger partial charge in [-0.25, -0.2) is 4.79 Å². The molecule has 1 fully saturated rings. The summed E-state index contributed by atoms with van der Waals surface area (Å²) in [6.45, 7) is 0.416. The minimum absolute atomic E-state index is 0.194. The summed E-state index contributed by atoms with van der Waals surface area (Å²) in [6, 6.07) is -0.882. The average molecular weight is 218 g/mol. The number of ether oxygens (including phenoxy) is 1. The Morgan fingerprint density at radius 1 is 1.53 bits per heavy atom. The van der Waals surface area contributed by atoms with Gasteiger partial charge in [0.25, 0.3) is 0 Å². The summed E-state index contributed by atoms with van der Waals surface area (Å²) in [4.78, 5) is 23.1. The number of nitrogens with one attached hydrogen (secondary N) is 1. The highest BCUT2D eigenvalue weighted by Crippen LogP contribution is 2.06. The summed E-state index contributed by atoms with van der Waals surface area (Å²) < 4.78 is 5.08. The zero-order valence-corrected chi connectivity index (χ0v) is 8.18. The van der Waals surface area contributed by atoms with Crippen LogP contribution in [0.3, 0.4) is 0 Å². The minimum atomic E-state index is -1.10. The third-order valence-electron chi connectivity index (χ3n) is 2.09. The fraction of sp³-hybridized carbons (Fsp3) is 0.750. The molecule has 0 radical (unpaired) electrons. The quantitative estimate of drug-likeness (QED) is 0.534. The average Bonchev–Trinajstić information content (AvgIpc) is 2.25. The SMILES string of the molecule is O=C(O)CNC(=O)N1CCOCC1CO. The van der Waals surface area contributed by atoms with Crippen molar-refractivity contribution in [3.8, 4) is 0 Å². The Hall–Kier alpha value is -1.34. The van der Waals surface area contributed by atoms with Gasteiger partial charge in [0, 0.05) is 6.54 Å². The Labute approximate surface area is 86.6 Å². The van der Waals surface area contributed by atoms with Crippen molar-refractivity contribution in [3.05, 3.63) is 0 Å². The third kappa shape index (κ3) is 3.37. The van der Waals surface area contributed by atoms with Gasteiger partial charge in [0.1, 0.15) is 6.54 Å². The van der Waals surface area contributed by atoms with Crippen molar-refractivity contribution < 1.29 is 24.5 Å². The van der Waals surface area contributed by atoms with Gasteiger partial charge in [0.05, 0.1) is 25.9 Å². The normalized spacial score (nSPS) is 21.1. The van der Waals surface area contributed by atoms with Gasteiger partial charge in [-0.2, -0.15) is 0 Å². The number of amides is 2. The molecule has 1 aliphatic rings. The smallest absolute Gasteiger partial charge is 0.323 e. The Balaban J connectivity index is 2.44. The molecule has 0 aromatic carbocycles. The number of carboxylic acid groups (broad SMARTS) is 1. The van der Waals surface area contributed by atoms with E-state index in [2.05, 4.69) is 5.32 Å². The van der Waals surface area contributed by atoms with Gasteiger partial charge < -0.3 is 25.2 Å². The van der Waals surface area contributed by atoms with Gasteiger partial charge in [-0.15, -0.1) is 0 Å². The van der Waals surface area contributed by atoms with Crippen LogP contribution in [0.25, 0.3) is 0 Å². The molecule has 2 amide bonds. The number of hydrogen-bond donors (Lipinski definition) is 3. The van der Waals surface area contributed by atoms with Crippen LogP contribution in [-0.2, 0) is 9.53 Å². The van der Waals surface area contributed by atoms with E-state index in [4.69, 9.17) is 14.9 Å². The van der Waals surface area contributed by atoms with Crippen molar-refractivity contribution in [2.45, 2.75) is 6.04 Å². The van der Waals surface area contributed by atoms with Crippen LogP contribution < -0.4 is 5.32 Å². The van der Waals surface area contributed by atoms with Crippen LogP contribution in [0.4, 0.5) is 4.79 Å². The molecule has 0 saturated carbocycles. The Bertz CT molecular complexity index is 245. The fourth-order valence-corrected chi connectivity index (χ4v) is 1.33. The molecular formula is C8H14N2O5. The zero-order chi connectivity index (χ0) is 11.3. The molecule has 1 atom stereocenters. The van der Waals surface area contributed by atoms with Crippen LogP contribution in [0.5, 0.6) is 0 Å². The predicted molar refractivity (Wildman–Crippen MR) is 49.4 cm³/mol. The third-order valence-corrected chi connectivity index (χ3v) is 2.09. The number of morpholine rings is 1. The molecular weight excluding hydrogens is 204 g/mol. The van der Waals surface area contributed by atoms with Crippen molar-refractivity contribution in [2.75, 3.05) is 32.9 Å². The molecule has 1 unspecified atom stereocenters. The lowest BCUT2D eigenvalue weighted by atomic mass is 10.2. The number of nitrogens with zero attached hydrogens (tertiary/aromatic N) is 1. The monoisotopic (exact) mass is 218 g/mol. The number of rotatable bonds is 3. The molecule has 0 bridgehead atoms. The van der Waals surface area contributed by atoms with Gasteiger partial charge in [0.2, 0.25) is 0 Å². The highest BCUT2D eigenvalue weighted by molar-refractivity contribution is 5.80. The molecule has 86 valence electrons. The van der Waals surface area contributed by atoms with Gasteiger partial charge in [-0.3, -0.25) is 4.79 Å². The lowest BCUT2D eigenvalue weighted by Gasteiger charge is -2.34. The van der Waals surface area contributed by atoms with Crippen molar-refractivity contribution in [1.82, 2.24) is 10.2 Å². The number of hydrogen-bond acceptors (Lipinski definition) is 4. The topological polar surface area (TPSA) is 99.1 Å². The Morgan fingerprint density at radius 2 is 2.27 bits per heavy atom. The maximum atomic E-state index is 11.5. The van der Waals surface area contributed by atoms with E-state index in [0.717, 1.165) is 0 Å². The lowest BCUT2D eigenvalue weighted by molar-refractivity contribution is -0.135. The zero-order valence-electron chi connectivity index (χ0n) is 8.18. The molecule has 1 saturated heterocycles. The summed E-state index contributed by atoms with van der Waals surface area (Å²) in [5.41, 5.74) is 0. The fourth-order valence-electron chi connectivity index (χ4n) is 1.33. The van der Waals surface area contributed by atoms with Gasteiger partial charge >= 0.3 is 12.0 Å². The van der Waals surface area contributed by atoms with Crippen LogP contribution >= 0.6 is 0 Å². The minimum Gasteiger partial charge on any atom is -0.480 e. The van der Waals surface area contributed by atoms with Crippen LogP contribution in [0.1, 0.15) is 0 Å². The number of aliphatic hydroxyl groups excluding tert-OH is 1. The summed E-state index contributed by atoms with van der Waals surface area (Å²) in [7, 11) is 0. The number of aliphatic carboxylic acids is 1.